The molecule has 0 saturated carbocycles. The van der Waals surface area contributed by atoms with Gasteiger partial charge in [0.05, 0.1) is 20.3 Å². The Labute approximate surface area is 174 Å². The fourth-order valence-corrected chi connectivity index (χ4v) is 3.51. The quantitative estimate of drug-likeness (QED) is 0.669. The van der Waals surface area contributed by atoms with Crippen LogP contribution in [0.1, 0.15) is 52.0 Å². The number of methoxy groups -OCH3 is 2. The predicted octanol–water partition coefficient (Wildman–Crippen LogP) is 5.04. The Morgan fingerprint density at radius 3 is 2.41 bits per heavy atom. The summed E-state index contributed by atoms with van der Waals surface area (Å²) in [7, 11) is 3.23. The molecule has 1 saturated heterocycles. The van der Waals surface area contributed by atoms with Crippen LogP contribution >= 0.6 is 0 Å². The van der Waals surface area contributed by atoms with Crippen LogP contribution in [0.2, 0.25) is 0 Å². The zero-order valence-corrected chi connectivity index (χ0v) is 18.2. The molecule has 0 atom stereocenters. The van der Waals surface area contributed by atoms with Crippen LogP contribution in [-0.2, 0) is 4.74 Å². The summed E-state index contributed by atoms with van der Waals surface area (Å²) in [6.45, 7) is 6.83. The highest BCUT2D eigenvalue weighted by molar-refractivity contribution is 5.68. The lowest BCUT2D eigenvalue weighted by Gasteiger charge is -2.40. The van der Waals surface area contributed by atoms with E-state index in [0.717, 1.165) is 24.8 Å². The van der Waals surface area contributed by atoms with Gasteiger partial charge in [-0.3, -0.25) is 0 Å². The van der Waals surface area contributed by atoms with Crippen molar-refractivity contribution in [2.75, 3.05) is 27.3 Å². The second-order valence-electron chi connectivity index (χ2n) is 8.52. The van der Waals surface area contributed by atoms with E-state index in [2.05, 4.69) is 12.1 Å². The number of carbonyl (C=O) groups excluding carboxylic acids is 1. The zero-order valence-electron chi connectivity index (χ0n) is 18.2. The Balaban J connectivity index is 2.01. The average Bonchev–Trinajstić information content (AvgIpc) is 2.67. The van der Waals surface area contributed by atoms with Gasteiger partial charge in [-0.05, 0) is 63.1 Å². The fourth-order valence-electron chi connectivity index (χ4n) is 3.51. The van der Waals surface area contributed by atoms with Crippen molar-refractivity contribution in [3.8, 4) is 17.6 Å². The molecular weight excluding hydrogens is 368 g/mol. The van der Waals surface area contributed by atoms with Crippen molar-refractivity contribution >= 4 is 12.2 Å². The Morgan fingerprint density at radius 1 is 1.21 bits per heavy atom. The maximum Gasteiger partial charge on any atom is 0.410 e. The molecule has 0 N–H and O–H groups in total. The third-order valence-electron chi connectivity index (χ3n) is 5.20. The summed E-state index contributed by atoms with van der Waals surface area (Å²) in [5, 5.41) is 9.34. The second-order valence-corrected chi connectivity index (χ2v) is 8.52. The van der Waals surface area contributed by atoms with Crippen molar-refractivity contribution in [3.05, 3.63) is 29.8 Å². The smallest absolute Gasteiger partial charge is 0.410 e. The van der Waals surface area contributed by atoms with Gasteiger partial charge in [0.15, 0.2) is 11.5 Å². The monoisotopic (exact) mass is 400 g/mol. The van der Waals surface area contributed by atoms with Crippen LogP contribution in [0.4, 0.5) is 4.79 Å². The average molecular weight is 401 g/mol. The number of nitriles is 1. The minimum atomic E-state index is -0.500. The normalized spacial score (nSPS) is 16.3. The summed E-state index contributed by atoms with van der Waals surface area (Å²) in [6, 6.07) is 8.12. The number of carbonyl (C=O) groups is 1. The van der Waals surface area contributed by atoms with Crippen molar-refractivity contribution in [2.45, 2.75) is 52.1 Å². The number of amides is 1. The van der Waals surface area contributed by atoms with Crippen LogP contribution in [0, 0.1) is 16.7 Å². The molecule has 29 heavy (non-hydrogen) atoms. The molecule has 0 bridgehead atoms. The van der Waals surface area contributed by atoms with Crippen LogP contribution < -0.4 is 9.47 Å². The third-order valence-corrected chi connectivity index (χ3v) is 5.20. The summed E-state index contributed by atoms with van der Waals surface area (Å²) in [5.41, 5.74) is 0.404. The maximum absolute atomic E-state index is 12.3. The standard InChI is InChI=1S/C23H32N2O4/c1-22(2,3)29-21(26)25-15-12-23(11-14-24,13-16-25)10-6-7-18-8-9-19(27-4)20(17-18)28-5/h6-9,17H,10-13,15-16H2,1-5H3/b7-6+. The molecule has 1 heterocycles. The van der Waals surface area contributed by atoms with E-state index in [9.17, 15) is 10.1 Å². The highest BCUT2D eigenvalue weighted by atomic mass is 16.6. The molecular formula is C23H32N2O4. The van der Waals surface area contributed by atoms with Crippen molar-refractivity contribution in [1.82, 2.24) is 4.90 Å². The predicted molar refractivity (Wildman–Crippen MR) is 113 cm³/mol. The number of hydrogen-bond acceptors (Lipinski definition) is 5. The Morgan fingerprint density at radius 2 is 1.86 bits per heavy atom. The fraction of sp³-hybridized carbons (Fsp3) is 0.565. The van der Waals surface area contributed by atoms with E-state index in [1.807, 2.05) is 45.0 Å². The lowest BCUT2D eigenvalue weighted by Crippen LogP contribution is -2.45. The van der Waals surface area contributed by atoms with Gasteiger partial charge in [-0.25, -0.2) is 4.79 Å². The first-order valence-electron chi connectivity index (χ1n) is 9.95. The number of likely N-dealkylation sites (tertiary alicyclic amines) is 1. The number of ether oxygens (including phenoxy) is 3. The van der Waals surface area contributed by atoms with Crippen LogP contribution in [0.3, 0.4) is 0 Å². The maximum atomic E-state index is 12.3. The molecule has 1 amide bonds. The van der Waals surface area contributed by atoms with Gasteiger partial charge in [0.25, 0.3) is 0 Å². The minimum Gasteiger partial charge on any atom is -0.493 e. The molecule has 6 nitrogen and oxygen atoms in total. The largest absolute Gasteiger partial charge is 0.493 e. The van der Waals surface area contributed by atoms with E-state index in [4.69, 9.17) is 14.2 Å². The van der Waals surface area contributed by atoms with Gasteiger partial charge in [-0.1, -0.05) is 18.2 Å². The van der Waals surface area contributed by atoms with Crippen LogP contribution in [-0.4, -0.2) is 43.9 Å². The van der Waals surface area contributed by atoms with E-state index in [1.165, 1.54) is 0 Å². The van der Waals surface area contributed by atoms with Crippen LogP contribution in [0.5, 0.6) is 11.5 Å². The van der Waals surface area contributed by atoms with Crippen molar-refractivity contribution in [3.63, 3.8) is 0 Å². The Hall–Kier alpha value is -2.68. The minimum absolute atomic E-state index is 0.111. The van der Waals surface area contributed by atoms with E-state index in [-0.39, 0.29) is 11.5 Å². The van der Waals surface area contributed by atoms with Gasteiger partial charge in [0, 0.05) is 19.5 Å². The van der Waals surface area contributed by atoms with Crippen molar-refractivity contribution in [1.29, 1.82) is 5.26 Å². The van der Waals surface area contributed by atoms with Gasteiger partial charge in [0.2, 0.25) is 0 Å². The van der Waals surface area contributed by atoms with Gasteiger partial charge in [-0.2, -0.15) is 5.26 Å². The molecule has 1 aliphatic heterocycles. The molecule has 0 spiro atoms. The van der Waals surface area contributed by atoms with E-state index in [0.29, 0.717) is 31.0 Å². The number of hydrogen-bond donors (Lipinski definition) is 0. The first-order chi connectivity index (χ1) is 13.7. The molecule has 6 heteroatoms. The topological polar surface area (TPSA) is 71.8 Å². The van der Waals surface area contributed by atoms with Crippen molar-refractivity contribution in [2.24, 2.45) is 5.41 Å². The van der Waals surface area contributed by atoms with E-state index >= 15 is 0 Å². The number of nitrogens with zero attached hydrogens (tertiary/aromatic N) is 2. The Kier molecular flexibility index (Phi) is 7.55. The first kappa shape index (κ1) is 22.6. The van der Waals surface area contributed by atoms with Gasteiger partial charge in [-0.15, -0.1) is 0 Å². The molecule has 1 aromatic rings. The van der Waals surface area contributed by atoms with Crippen molar-refractivity contribution < 1.29 is 19.0 Å². The number of piperidine rings is 1. The highest BCUT2D eigenvalue weighted by Gasteiger charge is 2.36. The molecule has 0 aliphatic carbocycles. The molecule has 0 aromatic heterocycles. The first-order valence-corrected chi connectivity index (χ1v) is 9.95. The third kappa shape index (κ3) is 6.42. The second kappa shape index (κ2) is 9.69. The summed E-state index contributed by atoms with van der Waals surface area (Å²) in [6.07, 6.45) is 6.72. The van der Waals surface area contributed by atoms with Crippen LogP contribution in [0.15, 0.2) is 24.3 Å². The number of benzene rings is 1. The molecule has 1 fully saturated rings. The van der Waals surface area contributed by atoms with E-state index in [1.54, 1.807) is 19.1 Å². The summed E-state index contributed by atoms with van der Waals surface area (Å²) >= 11 is 0. The summed E-state index contributed by atoms with van der Waals surface area (Å²) in [4.78, 5) is 14.0. The summed E-state index contributed by atoms with van der Waals surface area (Å²) in [5.74, 6) is 1.38. The summed E-state index contributed by atoms with van der Waals surface area (Å²) < 4.78 is 16.1. The molecule has 0 radical (unpaired) electrons. The highest BCUT2D eigenvalue weighted by Crippen LogP contribution is 2.39. The molecule has 2 rings (SSSR count). The van der Waals surface area contributed by atoms with Crippen LogP contribution in [0.25, 0.3) is 6.08 Å². The van der Waals surface area contributed by atoms with Gasteiger partial charge >= 0.3 is 6.09 Å². The Bertz CT molecular complexity index is 766. The molecule has 1 aromatic carbocycles. The SMILES string of the molecule is COc1ccc(/C=C/CC2(CC#N)CCN(C(=O)OC(C)(C)C)CC2)cc1OC. The lowest BCUT2D eigenvalue weighted by molar-refractivity contribution is 0.0107. The number of rotatable bonds is 6. The molecule has 0 unspecified atom stereocenters. The van der Waals surface area contributed by atoms with E-state index < -0.39 is 5.60 Å². The molecule has 1 aliphatic rings. The zero-order chi connectivity index (χ0) is 21.5. The van der Waals surface area contributed by atoms with Gasteiger partial charge < -0.3 is 19.1 Å². The number of allylic oxidation sites excluding steroid dienone is 1. The molecule has 158 valence electrons. The lowest BCUT2D eigenvalue weighted by atomic mass is 9.73. The van der Waals surface area contributed by atoms with Gasteiger partial charge in [0.1, 0.15) is 5.60 Å².